The van der Waals surface area contributed by atoms with Crippen molar-refractivity contribution in [1.29, 1.82) is 0 Å². The van der Waals surface area contributed by atoms with Crippen LogP contribution in [0, 0.1) is 5.82 Å². The van der Waals surface area contributed by atoms with E-state index < -0.39 is 15.8 Å². The van der Waals surface area contributed by atoms with Crippen LogP contribution < -0.4 is 5.32 Å². The molecule has 1 N–H and O–H groups in total. The third-order valence-corrected chi connectivity index (χ3v) is 6.40. The van der Waals surface area contributed by atoms with E-state index in [9.17, 15) is 12.8 Å². The number of halogens is 2. The van der Waals surface area contributed by atoms with Gasteiger partial charge in [0.05, 0.1) is 5.02 Å². The Morgan fingerprint density at radius 2 is 2.10 bits per heavy atom. The summed E-state index contributed by atoms with van der Waals surface area (Å²) < 4.78 is 40.3. The Labute approximate surface area is 129 Å². The van der Waals surface area contributed by atoms with Crippen LogP contribution in [0.1, 0.15) is 25.7 Å². The van der Waals surface area contributed by atoms with Crippen LogP contribution in [0.3, 0.4) is 0 Å². The Morgan fingerprint density at radius 1 is 1.33 bits per heavy atom. The van der Waals surface area contributed by atoms with Gasteiger partial charge in [0.15, 0.2) is 0 Å². The second kappa shape index (κ2) is 5.83. The van der Waals surface area contributed by atoms with Gasteiger partial charge in [-0.3, -0.25) is 0 Å². The van der Waals surface area contributed by atoms with Crippen molar-refractivity contribution in [2.75, 3.05) is 13.1 Å². The molecule has 21 heavy (non-hydrogen) atoms. The highest BCUT2D eigenvalue weighted by atomic mass is 35.5. The molecule has 1 aliphatic heterocycles. The molecule has 0 spiro atoms. The van der Waals surface area contributed by atoms with Crippen molar-refractivity contribution < 1.29 is 12.8 Å². The van der Waals surface area contributed by atoms with E-state index >= 15 is 0 Å². The number of nitrogens with zero attached hydrogens (tertiary/aromatic N) is 1. The average molecular weight is 333 g/mol. The van der Waals surface area contributed by atoms with E-state index in [0.717, 1.165) is 44.4 Å². The van der Waals surface area contributed by atoms with Gasteiger partial charge in [-0.15, -0.1) is 0 Å². The lowest BCUT2D eigenvalue weighted by molar-refractivity contribution is 0.363. The summed E-state index contributed by atoms with van der Waals surface area (Å²) in [6, 6.07) is 3.69. The molecule has 1 aromatic carbocycles. The molecule has 4 nitrogen and oxygen atoms in total. The fourth-order valence-electron chi connectivity index (χ4n) is 2.75. The van der Waals surface area contributed by atoms with Crippen molar-refractivity contribution in [2.24, 2.45) is 0 Å². The van der Waals surface area contributed by atoms with E-state index in [1.54, 1.807) is 0 Å². The maximum absolute atomic E-state index is 13.1. The predicted molar refractivity (Wildman–Crippen MR) is 79.3 cm³/mol. The Hall–Kier alpha value is -0.690. The summed E-state index contributed by atoms with van der Waals surface area (Å²) in [5.41, 5.74) is 0. The number of benzene rings is 1. The molecule has 0 amide bonds. The summed E-state index contributed by atoms with van der Waals surface area (Å²) >= 11 is 5.94. The largest absolute Gasteiger partial charge is 0.313 e. The van der Waals surface area contributed by atoms with Crippen molar-refractivity contribution >= 4 is 21.6 Å². The van der Waals surface area contributed by atoms with Gasteiger partial charge in [-0.1, -0.05) is 11.6 Å². The fraction of sp³-hybridized carbons (Fsp3) is 0.571. The lowest BCUT2D eigenvalue weighted by atomic mass is 10.2. The van der Waals surface area contributed by atoms with Gasteiger partial charge in [-0.2, -0.15) is 4.31 Å². The van der Waals surface area contributed by atoms with Crippen molar-refractivity contribution in [3.8, 4) is 0 Å². The normalized spacial score (nSPS) is 22.9. The molecular formula is C14H18ClFN2O2S. The summed E-state index contributed by atoms with van der Waals surface area (Å²) in [6.07, 6.45) is 3.81. The van der Waals surface area contributed by atoms with Gasteiger partial charge in [0.25, 0.3) is 0 Å². The summed E-state index contributed by atoms with van der Waals surface area (Å²) in [6.45, 7) is 1.39. The number of nitrogens with one attached hydrogen (secondary N) is 1. The highest BCUT2D eigenvalue weighted by molar-refractivity contribution is 7.89. The third kappa shape index (κ3) is 3.23. The maximum Gasteiger partial charge on any atom is 0.244 e. The standard InChI is InChI=1S/C14H18ClFN2O2S/c15-13-8-10(16)3-6-14(13)21(19,20)18(12-4-5-12)9-11-2-1-7-17-11/h3,6,8,11-12,17H,1-2,4-5,7,9H2. The van der Waals surface area contributed by atoms with Crippen LogP contribution in [-0.2, 0) is 10.0 Å². The van der Waals surface area contributed by atoms with Crippen molar-refractivity contribution in [2.45, 2.75) is 42.7 Å². The molecule has 1 saturated carbocycles. The second-order valence-corrected chi connectivity index (χ2v) is 7.94. The molecule has 1 saturated heterocycles. The predicted octanol–water partition coefficient (Wildman–Crippen LogP) is 2.38. The molecule has 1 aromatic rings. The molecule has 0 radical (unpaired) electrons. The van der Waals surface area contributed by atoms with Gasteiger partial charge in [-0.25, -0.2) is 12.8 Å². The minimum atomic E-state index is -3.68. The van der Waals surface area contributed by atoms with Crippen molar-refractivity contribution in [3.63, 3.8) is 0 Å². The first-order valence-corrected chi connectivity index (χ1v) is 9.00. The van der Waals surface area contributed by atoms with Gasteiger partial charge < -0.3 is 5.32 Å². The number of sulfonamides is 1. The number of rotatable bonds is 5. The third-order valence-electron chi connectivity index (χ3n) is 4.00. The highest BCUT2D eigenvalue weighted by Crippen LogP contribution is 2.35. The Morgan fingerprint density at radius 3 is 2.67 bits per heavy atom. The summed E-state index contributed by atoms with van der Waals surface area (Å²) in [7, 11) is -3.68. The number of hydrogen-bond acceptors (Lipinski definition) is 3. The summed E-state index contributed by atoms with van der Waals surface area (Å²) in [5.74, 6) is -0.533. The molecule has 2 aliphatic rings. The quantitative estimate of drug-likeness (QED) is 0.900. The zero-order chi connectivity index (χ0) is 15.0. The molecule has 116 valence electrons. The molecule has 0 aromatic heterocycles. The summed E-state index contributed by atoms with van der Waals surface area (Å²) in [4.78, 5) is -0.00420. The van der Waals surface area contributed by atoms with Crippen molar-refractivity contribution in [1.82, 2.24) is 9.62 Å². The first-order valence-electron chi connectivity index (χ1n) is 7.19. The monoisotopic (exact) mass is 332 g/mol. The molecule has 7 heteroatoms. The van der Waals surface area contributed by atoms with Gasteiger partial charge in [-0.05, 0) is 50.4 Å². The first kappa shape index (κ1) is 15.2. The molecule has 1 heterocycles. The van der Waals surface area contributed by atoms with E-state index in [-0.39, 0.29) is 22.0 Å². The minimum absolute atomic E-state index is 0.00420. The maximum atomic E-state index is 13.1. The highest BCUT2D eigenvalue weighted by Gasteiger charge is 2.40. The topological polar surface area (TPSA) is 49.4 Å². The smallest absolute Gasteiger partial charge is 0.244 e. The van der Waals surface area contributed by atoms with Crippen LogP contribution in [-0.4, -0.2) is 37.9 Å². The van der Waals surface area contributed by atoms with Gasteiger partial charge in [0.1, 0.15) is 10.7 Å². The first-order chi connectivity index (χ1) is 9.98. The van der Waals surface area contributed by atoms with E-state index in [0.29, 0.717) is 6.54 Å². The zero-order valence-electron chi connectivity index (χ0n) is 11.6. The van der Waals surface area contributed by atoms with Gasteiger partial charge in [0, 0.05) is 18.6 Å². The van der Waals surface area contributed by atoms with Crippen LogP contribution >= 0.6 is 11.6 Å². The molecule has 1 atom stereocenters. The van der Waals surface area contributed by atoms with Crippen molar-refractivity contribution in [3.05, 3.63) is 29.0 Å². The Kier molecular flexibility index (Phi) is 4.23. The van der Waals surface area contributed by atoms with E-state index in [2.05, 4.69) is 5.32 Å². The number of hydrogen-bond donors (Lipinski definition) is 1. The van der Waals surface area contributed by atoms with Crippen LogP contribution in [0.15, 0.2) is 23.1 Å². The second-order valence-electron chi connectivity index (χ2n) is 5.67. The zero-order valence-corrected chi connectivity index (χ0v) is 13.1. The van der Waals surface area contributed by atoms with E-state index in [1.165, 1.54) is 10.4 Å². The van der Waals surface area contributed by atoms with Gasteiger partial charge >= 0.3 is 0 Å². The molecule has 1 aliphatic carbocycles. The molecular weight excluding hydrogens is 315 g/mol. The van der Waals surface area contributed by atoms with E-state index in [4.69, 9.17) is 11.6 Å². The molecule has 0 bridgehead atoms. The SMILES string of the molecule is O=S(=O)(c1ccc(F)cc1Cl)N(CC1CCCN1)C1CC1. The Balaban J connectivity index is 1.89. The summed E-state index contributed by atoms with van der Waals surface area (Å²) in [5, 5.41) is 3.26. The van der Waals surface area contributed by atoms with Crippen LogP contribution in [0.5, 0.6) is 0 Å². The molecule has 2 fully saturated rings. The van der Waals surface area contributed by atoms with Gasteiger partial charge in [0.2, 0.25) is 10.0 Å². The Bertz CT molecular complexity index is 628. The van der Waals surface area contributed by atoms with Crippen LogP contribution in [0.2, 0.25) is 5.02 Å². The average Bonchev–Trinajstić information content (AvgIpc) is 3.11. The molecule has 1 unspecified atom stereocenters. The molecule has 3 rings (SSSR count). The lowest BCUT2D eigenvalue weighted by Crippen LogP contribution is -2.42. The van der Waals surface area contributed by atoms with Crippen LogP contribution in [0.25, 0.3) is 0 Å². The van der Waals surface area contributed by atoms with E-state index in [1.807, 2.05) is 0 Å². The fourth-order valence-corrected chi connectivity index (χ4v) is 4.98. The lowest BCUT2D eigenvalue weighted by Gasteiger charge is -2.25. The van der Waals surface area contributed by atoms with Crippen LogP contribution in [0.4, 0.5) is 4.39 Å². The minimum Gasteiger partial charge on any atom is -0.313 e.